The van der Waals surface area contributed by atoms with Crippen molar-refractivity contribution in [1.82, 2.24) is 10.3 Å². The van der Waals surface area contributed by atoms with Crippen LogP contribution in [0.4, 0.5) is 0 Å². The first kappa shape index (κ1) is 29.8. The molecule has 8 rings (SSSR count). The minimum absolute atomic E-state index is 0.103. The number of aromatic nitrogens is 1. The summed E-state index contributed by atoms with van der Waals surface area (Å²) in [5.41, 5.74) is 14.3. The minimum Gasteiger partial charge on any atom is -0.299 e. The molecule has 6 aromatic rings. The van der Waals surface area contributed by atoms with E-state index in [9.17, 15) is 0 Å². The van der Waals surface area contributed by atoms with Crippen molar-refractivity contribution in [2.45, 2.75) is 31.3 Å². The van der Waals surface area contributed by atoms with Crippen LogP contribution in [0.25, 0.3) is 44.7 Å². The van der Waals surface area contributed by atoms with Gasteiger partial charge >= 0.3 is 0 Å². The Hall–Kier alpha value is -5.57. The fourth-order valence-corrected chi connectivity index (χ4v) is 6.96. The molecule has 2 heteroatoms. The summed E-state index contributed by atoms with van der Waals surface area (Å²) in [6, 6.07) is 55.0. The van der Waals surface area contributed by atoms with Crippen LogP contribution in [-0.2, 0) is 0 Å². The first-order valence-corrected chi connectivity index (χ1v) is 17.0. The van der Waals surface area contributed by atoms with Gasteiger partial charge in [-0.15, -0.1) is 0 Å². The summed E-state index contributed by atoms with van der Waals surface area (Å²) in [5.74, 6) is 0. The molecule has 2 unspecified atom stereocenters. The third kappa shape index (κ3) is 6.49. The van der Waals surface area contributed by atoms with Gasteiger partial charge in [-0.3, -0.25) is 5.32 Å². The molecule has 1 aromatic heterocycles. The number of nitrogens with one attached hydrogen (secondary N) is 1. The van der Waals surface area contributed by atoms with Gasteiger partial charge in [-0.1, -0.05) is 146 Å². The lowest BCUT2D eigenvalue weighted by Gasteiger charge is -2.32. The summed E-state index contributed by atoms with van der Waals surface area (Å²) in [4.78, 5) is 5.19. The molecule has 2 heterocycles. The van der Waals surface area contributed by atoms with Crippen LogP contribution in [0.5, 0.6) is 0 Å². The third-order valence-electron chi connectivity index (χ3n) is 9.46. The largest absolute Gasteiger partial charge is 0.299 e. The van der Waals surface area contributed by atoms with E-state index in [1.165, 1.54) is 50.1 Å². The molecular weight excluding hydrogens is 581 g/mol. The van der Waals surface area contributed by atoms with E-state index in [4.69, 9.17) is 4.98 Å². The predicted molar refractivity (Wildman–Crippen MR) is 201 cm³/mol. The molecule has 2 aliphatic rings. The first-order chi connectivity index (χ1) is 23.8. The first-order valence-electron chi connectivity index (χ1n) is 17.0. The average Bonchev–Trinajstić information content (AvgIpc) is 3.19. The Morgan fingerprint density at radius 1 is 0.500 bits per heavy atom. The van der Waals surface area contributed by atoms with Crippen LogP contribution in [0, 0.1) is 0 Å². The van der Waals surface area contributed by atoms with Gasteiger partial charge in [0.1, 0.15) is 0 Å². The summed E-state index contributed by atoms with van der Waals surface area (Å²) in [6.45, 7) is 0. The van der Waals surface area contributed by atoms with Crippen LogP contribution in [0.15, 0.2) is 176 Å². The van der Waals surface area contributed by atoms with Gasteiger partial charge in [0.25, 0.3) is 0 Å². The maximum atomic E-state index is 5.19. The van der Waals surface area contributed by atoms with Crippen LogP contribution in [0.1, 0.15) is 53.7 Å². The van der Waals surface area contributed by atoms with Crippen molar-refractivity contribution in [1.29, 1.82) is 0 Å². The normalized spacial score (nSPS) is 17.4. The van der Waals surface area contributed by atoms with E-state index in [1.807, 2.05) is 0 Å². The maximum Gasteiger partial charge on any atom is 0.0715 e. The van der Waals surface area contributed by atoms with Gasteiger partial charge in [-0.05, 0) is 99.7 Å². The molecule has 0 amide bonds. The third-order valence-corrected chi connectivity index (χ3v) is 9.46. The Morgan fingerprint density at radius 3 is 1.73 bits per heavy atom. The molecule has 0 spiro atoms. The van der Waals surface area contributed by atoms with E-state index in [0.717, 1.165) is 36.2 Å². The standard InChI is InChI=1S/C46H38N2/c1-6-16-33(17-7-1)38-26-39(41-29-43(34-18-8-2-9-19-34)47-44(30-41)35-20-10-3-11-21-35)28-40(27-38)42-31-45(36-22-12-4-13-23-36)48-46(32-42)37-24-14-5-15-25-37/h1-4,6-14,16-29,31-32,43-44,47H,5,15,30H2. The Kier molecular flexibility index (Phi) is 8.48. The zero-order valence-corrected chi connectivity index (χ0v) is 27.0. The summed E-state index contributed by atoms with van der Waals surface area (Å²) in [5, 5.41) is 3.95. The number of pyridine rings is 1. The molecular formula is C46H38N2. The second-order valence-electron chi connectivity index (χ2n) is 12.7. The van der Waals surface area contributed by atoms with E-state index in [2.05, 4.69) is 181 Å². The topological polar surface area (TPSA) is 24.9 Å². The van der Waals surface area contributed by atoms with Crippen LogP contribution >= 0.6 is 0 Å². The molecule has 2 nitrogen and oxygen atoms in total. The molecule has 48 heavy (non-hydrogen) atoms. The number of hydrogen-bond acceptors (Lipinski definition) is 2. The monoisotopic (exact) mass is 618 g/mol. The number of benzene rings is 5. The maximum absolute atomic E-state index is 5.19. The van der Waals surface area contributed by atoms with E-state index < -0.39 is 0 Å². The van der Waals surface area contributed by atoms with Crippen molar-refractivity contribution in [3.05, 3.63) is 198 Å². The van der Waals surface area contributed by atoms with E-state index in [0.29, 0.717) is 0 Å². The number of nitrogens with zero attached hydrogens (tertiary/aromatic N) is 1. The summed E-state index contributed by atoms with van der Waals surface area (Å²) < 4.78 is 0. The Labute approximate surface area is 283 Å². The van der Waals surface area contributed by atoms with Crippen LogP contribution in [0.2, 0.25) is 0 Å². The average molecular weight is 619 g/mol. The molecule has 1 aliphatic carbocycles. The van der Waals surface area contributed by atoms with Crippen molar-refractivity contribution in [3.63, 3.8) is 0 Å². The van der Waals surface area contributed by atoms with E-state index in [1.54, 1.807) is 0 Å². The lowest BCUT2D eigenvalue weighted by Crippen LogP contribution is -2.29. The highest BCUT2D eigenvalue weighted by atomic mass is 15.0. The van der Waals surface area contributed by atoms with Gasteiger partial charge in [0.05, 0.1) is 17.4 Å². The second kappa shape index (κ2) is 13.7. The molecule has 0 radical (unpaired) electrons. The van der Waals surface area contributed by atoms with Crippen LogP contribution < -0.4 is 5.32 Å². The lowest BCUT2D eigenvalue weighted by molar-refractivity contribution is 0.483. The molecule has 0 saturated heterocycles. The van der Waals surface area contributed by atoms with E-state index in [-0.39, 0.29) is 12.1 Å². The molecule has 0 fully saturated rings. The summed E-state index contributed by atoms with van der Waals surface area (Å²) in [6.07, 6.45) is 12.3. The Bertz CT molecular complexity index is 2110. The number of allylic oxidation sites excluding steroid dienone is 4. The summed E-state index contributed by atoms with van der Waals surface area (Å²) >= 11 is 0. The second-order valence-corrected chi connectivity index (χ2v) is 12.7. The van der Waals surface area contributed by atoms with Crippen molar-refractivity contribution >= 4 is 11.1 Å². The molecule has 232 valence electrons. The van der Waals surface area contributed by atoms with Gasteiger partial charge in [0.15, 0.2) is 0 Å². The highest BCUT2D eigenvalue weighted by Gasteiger charge is 2.25. The quantitative estimate of drug-likeness (QED) is 0.193. The van der Waals surface area contributed by atoms with Gasteiger partial charge in [0, 0.05) is 11.6 Å². The van der Waals surface area contributed by atoms with Crippen molar-refractivity contribution in [2.75, 3.05) is 0 Å². The number of hydrogen-bond donors (Lipinski definition) is 1. The molecule has 2 atom stereocenters. The van der Waals surface area contributed by atoms with Crippen LogP contribution in [0.3, 0.4) is 0 Å². The molecule has 1 aliphatic heterocycles. The van der Waals surface area contributed by atoms with Gasteiger partial charge in [-0.2, -0.15) is 0 Å². The molecule has 5 aromatic carbocycles. The number of rotatable bonds is 7. The van der Waals surface area contributed by atoms with Crippen molar-refractivity contribution in [2.24, 2.45) is 0 Å². The molecule has 1 N–H and O–H groups in total. The van der Waals surface area contributed by atoms with Crippen LogP contribution in [-0.4, -0.2) is 4.98 Å². The highest BCUT2D eigenvalue weighted by Crippen LogP contribution is 2.40. The fourth-order valence-electron chi connectivity index (χ4n) is 6.96. The fraction of sp³-hybridized carbons (Fsp3) is 0.109. The molecule has 0 bridgehead atoms. The Balaban J connectivity index is 1.30. The Morgan fingerprint density at radius 2 is 1.06 bits per heavy atom. The van der Waals surface area contributed by atoms with Gasteiger partial charge in [0.2, 0.25) is 0 Å². The van der Waals surface area contributed by atoms with Crippen molar-refractivity contribution in [3.8, 4) is 33.5 Å². The smallest absolute Gasteiger partial charge is 0.0715 e. The molecule has 0 saturated carbocycles. The predicted octanol–water partition coefficient (Wildman–Crippen LogP) is 11.7. The van der Waals surface area contributed by atoms with Gasteiger partial charge < -0.3 is 0 Å². The lowest BCUT2D eigenvalue weighted by atomic mass is 9.85. The highest BCUT2D eigenvalue weighted by molar-refractivity contribution is 5.84. The van der Waals surface area contributed by atoms with Crippen molar-refractivity contribution < 1.29 is 0 Å². The minimum atomic E-state index is 0.103. The zero-order valence-electron chi connectivity index (χ0n) is 27.0. The van der Waals surface area contributed by atoms with Gasteiger partial charge in [-0.25, -0.2) is 4.98 Å². The van der Waals surface area contributed by atoms with E-state index >= 15 is 0 Å². The SMILES string of the molecule is C1=CC(c2cc(-c3cc(C4=CC(c5ccccc5)NC(c5ccccc5)C4)cc(-c4ccccc4)c3)cc(-c3ccccc3)n2)=CCC1. The zero-order chi connectivity index (χ0) is 32.1. The summed E-state index contributed by atoms with van der Waals surface area (Å²) in [7, 11) is 0.